The van der Waals surface area contributed by atoms with Crippen LogP contribution in [0.25, 0.3) is 0 Å². The lowest BCUT2D eigenvalue weighted by atomic mass is 10.2. The summed E-state index contributed by atoms with van der Waals surface area (Å²) in [6, 6.07) is 10.4. The van der Waals surface area contributed by atoms with Gasteiger partial charge in [-0.2, -0.15) is 0 Å². The van der Waals surface area contributed by atoms with Gasteiger partial charge in [0.25, 0.3) is 11.8 Å². The van der Waals surface area contributed by atoms with E-state index in [1.165, 1.54) is 38.5 Å². The molecule has 0 spiro atoms. The summed E-state index contributed by atoms with van der Waals surface area (Å²) >= 11 is 0. The van der Waals surface area contributed by atoms with Crippen molar-refractivity contribution in [2.45, 2.75) is 0 Å². The number of para-hydroxylation sites is 1. The van der Waals surface area contributed by atoms with Gasteiger partial charge in [-0.3, -0.25) is 14.9 Å². The second-order valence-electron chi connectivity index (χ2n) is 5.04. The Morgan fingerprint density at radius 1 is 1.00 bits per heavy atom. The number of phenolic OH excluding ortho intramolecular Hbond substituents is 1. The van der Waals surface area contributed by atoms with Gasteiger partial charge in [0.05, 0.1) is 19.8 Å². The number of rotatable bonds is 6. The van der Waals surface area contributed by atoms with E-state index in [2.05, 4.69) is 5.32 Å². The molecular formula is C18H17NO7. The number of esters is 1. The topological polar surface area (TPSA) is 111 Å². The molecule has 0 bridgehead atoms. The quantitative estimate of drug-likeness (QED) is 0.752. The molecule has 0 heterocycles. The molecule has 0 aliphatic rings. The van der Waals surface area contributed by atoms with E-state index in [1.807, 2.05) is 0 Å². The van der Waals surface area contributed by atoms with Gasteiger partial charge in [-0.1, -0.05) is 12.1 Å². The Morgan fingerprint density at radius 2 is 1.73 bits per heavy atom. The fourth-order valence-corrected chi connectivity index (χ4v) is 2.08. The number of carbonyl (C=O) groups is 3. The lowest BCUT2D eigenvalue weighted by Crippen LogP contribution is -2.34. The molecule has 0 radical (unpaired) electrons. The van der Waals surface area contributed by atoms with Gasteiger partial charge in [-0.05, 0) is 24.3 Å². The number of benzene rings is 2. The molecule has 0 aromatic heterocycles. The maximum atomic E-state index is 12.1. The normalized spacial score (nSPS) is 9.92. The highest BCUT2D eigenvalue weighted by Crippen LogP contribution is 2.24. The van der Waals surface area contributed by atoms with E-state index in [-0.39, 0.29) is 16.9 Å². The van der Waals surface area contributed by atoms with Gasteiger partial charge in [0.15, 0.2) is 6.61 Å². The van der Waals surface area contributed by atoms with Crippen LogP contribution in [0.4, 0.5) is 0 Å². The monoisotopic (exact) mass is 359 g/mol. The second kappa shape index (κ2) is 8.52. The van der Waals surface area contributed by atoms with Gasteiger partial charge in [0.2, 0.25) is 0 Å². The molecule has 0 atom stereocenters. The average Bonchev–Trinajstić information content (AvgIpc) is 2.65. The lowest BCUT2D eigenvalue weighted by molar-refractivity contribution is -0.123. The predicted molar refractivity (Wildman–Crippen MR) is 90.4 cm³/mol. The second-order valence-corrected chi connectivity index (χ2v) is 5.04. The largest absolute Gasteiger partial charge is 0.507 e. The van der Waals surface area contributed by atoms with Gasteiger partial charge in [-0.15, -0.1) is 0 Å². The van der Waals surface area contributed by atoms with Crippen LogP contribution in [0.1, 0.15) is 20.7 Å². The molecule has 8 heteroatoms. The highest BCUT2D eigenvalue weighted by atomic mass is 16.5. The Labute approximate surface area is 149 Å². The van der Waals surface area contributed by atoms with Crippen molar-refractivity contribution in [2.75, 3.05) is 20.8 Å². The van der Waals surface area contributed by atoms with Crippen LogP contribution in [0.3, 0.4) is 0 Å². The SMILES string of the molecule is COc1ccc(C(=O)OCC(=O)NC(=O)c2ccccc2OC)c(O)c1. The summed E-state index contributed by atoms with van der Waals surface area (Å²) in [6.45, 7) is -0.689. The molecule has 0 aliphatic heterocycles. The van der Waals surface area contributed by atoms with Crippen molar-refractivity contribution >= 4 is 17.8 Å². The zero-order chi connectivity index (χ0) is 19.1. The fourth-order valence-electron chi connectivity index (χ4n) is 2.08. The molecule has 0 aliphatic carbocycles. The molecule has 2 N–H and O–H groups in total. The third-order valence-corrected chi connectivity index (χ3v) is 3.36. The van der Waals surface area contributed by atoms with Crippen LogP contribution >= 0.6 is 0 Å². The van der Waals surface area contributed by atoms with Gasteiger partial charge in [-0.25, -0.2) is 4.79 Å². The average molecular weight is 359 g/mol. The van der Waals surface area contributed by atoms with Crippen molar-refractivity contribution in [3.05, 3.63) is 53.6 Å². The summed E-state index contributed by atoms with van der Waals surface area (Å²) in [5, 5.41) is 11.9. The molecule has 0 unspecified atom stereocenters. The summed E-state index contributed by atoms with van der Waals surface area (Å²) in [5.74, 6) is -2.10. The summed E-state index contributed by atoms with van der Waals surface area (Å²) < 4.78 is 14.8. The smallest absolute Gasteiger partial charge is 0.342 e. The summed E-state index contributed by atoms with van der Waals surface area (Å²) in [5.41, 5.74) is 0.0390. The first-order valence-corrected chi connectivity index (χ1v) is 7.47. The number of carbonyl (C=O) groups excluding carboxylic acids is 3. The van der Waals surface area contributed by atoms with Crippen molar-refractivity contribution in [1.82, 2.24) is 5.32 Å². The first kappa shape index (κ1) is 18.8. The van der Waals surface area contributed by atoms with Crippen LogP contribution in [-0.4, -0.2) is 43.7 Å². The minimum absolute atomic E-state index is 0.130. The van der Waals surface area contributed by atoms with Crippen molar-refractivity contribution < 1.29 is 33.7 Å². The number of hydrogen-bond acceptors (Lipinski definition) is 7. The number of phenols is 1. The Kier molecular flexibility index (Phi) is 6.15. The van der Waals surface area contributed by atoms with E-state index < -0.39 is 24.4 Å². The third-order valence-electron chi connectivity index (χ3n) is 3.36. The zero-order valence-electron chi connectivity index (χ0n) is 14.1. The third kappa shape index (κ3) is 4.50. The van der Waals surface area contributed by atoms with Crippen LogP contribution in [0, 0.1) is 0 Å². The first-order chi connectivity index (χ1) is 12.5. The standard InChI is InChI=1S/C18H17NO7/c1-24-11-7-8-12(14(20)9-11)18(23)26-10-16(21)19-17(22)13-5-3-4-6-15(13)25-2/h3-9,20H,10H2,1-2H3,(H,19,21,22). The first-order valence-electron chi connectivity index (χ1n) is 7.47. The van der Waals surface area contributed by atoms with Gasteiger partial charge >= 0.3 is 5.97 Å². The highest BCUT2D eigenvalue weighted by molar-refractivity contribution is 6.07. The summed E-state index contributed by atoms with van der Waals surface area (Å²) in [6.07, 6.45) is 0. The van der Waals surface area contributed by atoms with E-state index in [9.17, 15) is 19.5 Å². The van der Waals surface area contributed by atoms with Crippen LogP contribution in [-0.2, 0) is 9.53 Å². The maximum Gasteiger partial charge on any atom is 0.342 e. The van der Waals surface area contributed by atoms with E-state index in [0.717, 1.165) is 0 Å². The highest BCUT2D eigenvalue weighted by Gasteiger charge is 2.18. The molecule has 26 heavy (non-hydrogen) atoms. The zero-order valence-corrected chi connectivity index (χ0v) is 14.1. The van der Waals surface area contributed by atoms with E-state index in [1.54, 1.807) is 18.2 Å². The van der Waals surface area contributed by atoms with Gasteiger partial charge in [0.1, 0.15) is 22.8 Å². The van der Waals surface area contributed by atoms with Crippen molar-refractivity contribution in [1.29, 1.82) is 0 Å². The molecular weight excluding hydrogens is 342 g/mol. The number of imide groups is 1. The van der Waals surface area contributed by atoms with Gasteiger partial charge < -0.3 is 19.3 Å². The number of aromatic hydroxyl groups is 1. The Balaban J connectivity index is 1.94. The molecule has 2 rings (SSSR count). The van der Waals surface area contributed by atoms with Crippen LogP contribution in [0.15, 0.2) is 42.5 Å². The molecule has 0 fully saturated rings. The summed E-state index contributed by atoms with van der Waals surface area (Å²) in [7, 11) is 2.81. The number of nitrogens with one attached hydrogen (secondary N) is 1. The lowest BCUT2D eigenvalue weighted by Gasteiger charge is -2.09. The molecule has 2 amide bonds. The number of hydrogen-bond donors (Lipinski definition) is 2. The maximum absolute atomic E-state index is 12.1. The van der Waals surface area contributed by atoms with E-state index in [0.29, 0.717) is 11.5 Å². The Hall–Kier alpha value is -3.55. The van der Waals surface area contributed by atoms with E-state index in [4.69, 9.17) is 14.2 Å². The Bertz CT molecular complexity index is 832. The van der Waals surface area contributed by atoms with Crippen LogP contribution in [0.2, 0.25) is 0 Å². The van der Waals surface area contributed by atoms with Crippen molar-refractivity contribution in [2.24, 2.45) is 0 Å². The molecule has 2 aromatic carbocycles. The number of methoxy groups -OCH3 is 2. The van der Waals surface area contributed by atoms with Gasteiger partial charge in [0, 0.05) is 6.07 Å². The van der Waals surface area contributed by atoms with Crippen molar-refractivity contribution in [3.63, 3.8) is 0 Å². The minimum Gasteiger partial charge on any atom is -0.507 e. The number of ether oxygens (including phenoxy) is 3. The van der Waals surface area contributed by atoms with Crippen LogP contribution in [0.5, 0.6) is 17.2 Å². The summed E-state index contributed by atoms with van der Waals surface area (Å²) in [4.78, 5) is 35.8. The fraction of sp³-hybridized carbons (Fsp3) is 0.167. The molecule has 136 valence electrons. The molecule has 8 nitrogen and oxygen atoms in total. The van der Waals surface area contributed by atoms with Crippen LogP contribution < -0.4 is 14.8 Å². The number of amides is 2. The molecule has 0 saturated carbocycles. The predicted octanol–water partition coefficient (Wildman–Crippen LogP) is 1.52. The molecule has 2 aromatic rings. The Morgan fingerprint density at radius 3 is 2.38 bits per heavy atom. The van der Waals surface area contributed by atoms with E-state index >= 15 is 0 Å². The minimum atomic E-state index is -0.912. The molecule has 0 saturated heterocycles. The van der Waals surface area contributed by atoms with Crippen molar-refractivity contribution in [3.8, 4) is 17.2 Å².